The van der Waals surface area contributed by atoms with Crippen molar-refractivity contribution in [3.05, 3.63) is 17.7 Å². The lowest BCUT2D eigenvalue weighted by Gasteiger charge is -2.22. The van der Waals surface area contributed by atoms with E-state index in [4.69, 9.17) is 14.6 Å². The first-order valence-electron chi connectivity index (χ1n) is 6.03. The number of esters is 1. The number of hydrogen-bond donors (Lipinski definition) is 2. The smallest absolute Gasteiger partial charge is 0.322 e. The van der Waals surface area contributed by atoms with Crippen LogP contribution in [0.15, 0.2) is 12.1 Å². The Kier molecular flexibility index (Phi) is 4.60. The number of carbonyl (C=O) groups excluding carboxylic acids is 1. The molecule has 0 saturated carbocycles. The fourth-order valence-corrected chi connectivity index (χ4v) is 1.47. The Labute approximate surface area is 116 Å². The minimum Gasteiger partial charge on any atom is -0.504 e. The van der Waals surface area contributed by atoms with Crippen LogP contribution in [-0.4, -0.2) is 27.8 Å². The normalized spacial score (nSPS) is 11.0. The first kappa shape index (κ1) is 15.8. The lowest BCUT2D eigenvalue weighted by molar-refractivity contribution is -0.145. The van der Waals surface area contributed by atoms with Crippen molar-refractivity contribution in [2.45, 2.75) is 39.7 Å². The molecule has 110 valence electrons. The Morgan fingerprint density at radius 1 is 1.25 bits per heavy atom. The number of benzene rings is 1. The van der Waals surface area contributed by atoms with E-state index in [-0.39, 0.29) is 17.2 Å². The maximum atomic E-state index is 11.3. The van der Waals surface area contributed by atoms with Crippen molar-refractivity contribution in [3.63, 3.8) is 0 Å². The van der Waals surface area contributed by atoms with Crippen molar-refractivity contribution in [2.24, 2.45) is 0 Å². The number of hydrogen-bond acceptors (Lipinski definition) is 5. The summed E-state index contributed by atoms with van der Waals surface area (Å²) >= 11 is 0. The van der Waals surface area contributed by atoms with Crippen LogP contribution in [0.4, 0.5) is 0 Å². The highest BCUT2D eigenvalue weighted by atomic mass is 16.5. The second-order valence-electron chi connectivity index (χ2n) is 5.35. The number of ether oxygens (including phenoxy) is 2. The molecular weight excluding hydrogens is 264 g/mol. The van der Waals surface area contributed by atoms with E-state index in [1.54, 1.807) is 6.92 Å². The number of rotatable bonds is 4. The van der Waals surface area contributed by atoms with Crippen LogP contribution in [0.5, 0.6) is 17.2 Å². The molecule has 0 atom stereocenters. The van der Waals surface area contributed by atoms with Gasteiger partial charge >= 0.3 is 11.9 Å². The predicted octanol–water partition coefficient (Wildman–Crippen LogP) is 2.26. The largest absolute Gasteiger partial charge is 0.504 e. The van der Waals surface area contributed by atoms with Crippen LogP contribution < -0.4 is 9.47 Å². The Hall–Kier alpha value is -2.24. The first-order valence-corrected chi connectivity index (χ1v) is 6.03. The van der Waals surface area contributed by atoms with Gasteiger partial charge in [0.1, 0.15) is 17.8 Å². The summed E-state index contributed by atoms with van der Waals surface area (Å²) in [5.74, 6) is -1.89. The number of aliphatic carboxylic acids is 1. The standard InChI is InChI=1S/C14H18O6/c1-8-5-9(19-12(17)7-11(15)16)6-10(13(8)18)20-14(2,3)4/h5-6,18H,7H2,1-4H3,(H,15,16). The van der Waals surface area contributed by atoms with Gasteiger partial charge in [0.05, 0.1) is 0 Å². The van der Waals surface area contributed by atoms with E-state index < -0.39 is 24.0 Å². The number of carboxylic acid groups (broad SMARTS) is 1. The molecule has 0 radical (unpaired) electrons. The molecule has 0 bridgehead atoms. The number of phenolic OH excluding ortho intramolecular Hbond substituents is 1. The molecule has 0 saturated heterocycles. The summed E-state index contributed by atoms with van der Waals surface area (Å²) in [7, 11) is 0. The average molecular weight is 282 g/mol. The van der Waals surface area contributed by atoms with Crippen molar-refractivity contribution in [3.8, 4) is 17.2 Å². The highest BCUT2D eigenvalue weighted by Crippen LogP contribution is 2.36. The summed E-state index contributed by atoms with van der Waals surface area (Å²) in [5, 5.41) is 18.4. The van der Waals surface area contributed by atoms with E-state index in [1.165, 1.54) is 12.1 Å². The maximum Gasteiger partial charge on any atom is 0.322 e. The van der Waals surface area contributed by atoms with Crippen LogP contribution in [0.1, 0.15) is 32.8 Å². The molecule has 1 aromatic rings. The van der Waals surface area contributed by atoms with Gasteiger partial charge in [0.25, 0.3) is 0 Å². The zero-order valence-electron chi connectivity index (χ0n) is 11.9. The molecular formula is C14H18O6. The van der Waals surface area contributed by atoms with E-state index in [1.807, 2.05) is 20.8 Å². The number of phenols is 1. The van der Waals surface area contributed by atoms with Gasteiger partial charge in [-0.1, -0.05) is 0 Å². The number of carboxylic acids is 1. The van der Waals surface area contributed by atoms with E-state index in [0.717, 1.165) is 0 Å². The van der Waals surface area contributed by atoms with Crippen LogP contribution in [-0.2, 0) is 9.59 Å². The monoisotopic (exact) mass is 282 g/mol. The van der Waals surface area contributed by atoms with Gasteiger partial charge in [-0.25, -0.2) is 0 Å². The Morgan fingerprint density at radius 2 is 1.85 bits per heavy atom. The molecule has 20 heavy (non-hydrogen) atoms. The van der Waals surface area contributed by atoms with Gasteiger partial charge in [0, 0.05) is 6.07 Å². The van der Waals surface area contributed by atoms with Crippen LogP contribution in [0.2, 0.25) is 0 Å². The van der Waals surface area contributed by atoms with Gasteiger partial charge in [-0.05, 0) is 39.3 Å². The highest BCUT2D eigenvalue weighted by Gasteiger charge is 2.18. The van der Waals surface area contributed by atoms with E-state index in [2.05, 4.69) is 0 Å². The average Bonchev–Trinajstić information content (AvgIpc) is 2.21. The van der Waals surface area contributed by atoms with Crippen LogP contribution in [0.3, 0.4) is 0 Å². The third-order valence-electron chi connectivity index (χ3n) is 2.18. The fourth-order valence-electron chi connectivity index (χ4n) is 1.47. The lowest BCUT2D eigenvalue weighted by atomic mass is 10.1. The van der Waals surface area contributed by atoms with Gasteiger partial charge in [-0.15, -0.1) is 0 Å². The van der Waals surface area contributed by atoms with Crippen molar-refractivity contribution in [1.29, 1.82) is 0 Å². The van der Waals surface area contributed by atoms with Crippen molar-refractivity contribution >= 4 is 11.9 Å². The molecule has 0 spiro atoms. The minimum absolute atomic E-state index is 0.0436. The topological polar surface area (TPSA) is 93.1 Å². The molecule has 6 heteroatoms. The number of aryl methyl sites for hydroxylation is 1. The second-order valence-corrected chi connectivity index (χ2v) is 5.35. The molecule has 0 aliphatic heterocycles. The summed E-state index contributed by atoms with van der Waals surface area (Å²) in [4.78, 5) is 21.7. The third kappa shape index (κ3) is 4.79. The van der Waals surface area contributed by atoms with Crippen LogP contribution in [0, 0.1) is 6.92 Å². The van der Waals surface area contributed by atoms with Crippen molar-refractivity contribution in [2.75, 3.05) is 0 Å². The van der Waals surface area contributed by atoms with E-state index in [0.29, 0.717) is 5.56 Å². The maximum absolute atomic E-state index is 11.3. The molecule has 6 nitrogen and oxygen atoms in total. The molecule has 2 N–H and O–H groups in total. The summed E-state index contributed by atoms with van der Waals surface area (Å²) in [6.45, 7) is 7.06. The zero-order chi connectivity index (χ0) is 15.5. The first-order chi connectivity index (χ1) is 9.08. The van der Waals surface area contributed by atoms with E-state index in [9.17, 15) is 14.7 Å². The Balaban J connectivity index is 2.99. The van der Waals surface area contributed by atoms with Crippen LogP contribution >= 0.6 is 0 Å². The Bertz CT molecular complexity index is 527. The SMILES string of the molecule is Cc1cc(OC(=O)CC(=O)O)cc(OC(C)(C)C)c1O. The van der Waals surface area contributed by atoms with Gasteiger partial charge in [0.2, 0.25) is 0 Å². The number of carbonyl (C=O) groups is 2. The van der Waals surface area contributed by atoms with Crippen LogP contribution in [0.25, 0.3) is 0 Å². The lowest BCUT2D eigenvalue weighted by Crippen LogP contribution is -2.23. The predicted molar refractivity (Wildman–Crippen MR) is 71.1 cm³/mol. The summed E-state index contributed by atoms with van der Waals surface area (Å²) in [6, 6.07) is 2.79. The molecule has 0 fully saturated rings. The summed E-state index contributed by atoms with van der Waals surface area (Å²) in [5.41, 5.74) is -0.0713. The van der Waals surface area contributed by atoms with Gasteiger partial charge < -0.3 is 19.7 Å². The van der Waals surface area contributed by atoms with Crippen molar-refractivity contribution in [1.82, 2.24) is 0 Å². The molecule has 1 aromatic carbocycles. The number of aromatic hydroxyl groups is 1. The molecule has 0 heterocycles. The molecule has 0 aliphatic carbocycles. The van der Waals surface area contributed by atoms with Gasteiger partial charge in [-0.2, -0.15) is 0 Å². The fraction of sp³-hybridized carbons (Fsp3) is 0.429. The quantitative estimate of drug-likeness (QED) is 0.500. The molecule has 0 aromatic heterocycles. The zero-order valence-corrected chi connectivity index (χ0v) is 11.9. The third-order valence-corrected chi connectivity index (χ3v) is 2.18. The Morgan fingerprint density at radius 3 is 2.35 bits per heavy atom. The van der Waals surface area contributed by atoms with E-state index >= 15 is 0 Å². The van der Waals surface area contributed by atoms with Gasteiger partial charge in [-0.3, -0.25) is 9.59 Å². The minimum atomic E-state index is -1.27. The molecule has 0 amide bonds. The van der Waals surface area contributed by atoms with Gasteiger partial charge in [0.15, 0.2) is 11.5 Å². The second kappa shape index (κ2) is 5.81. The molecule has 0 unspecified atom stereocenters. The highest BCUT2D eigenvalue weighted by molar-refractivity contribution is 5.91. The van der Waals surface area contributed by atoms with Crippen molar-refractivity contribution < 1.29 is 29.3 Å². The summed E-state index contributed by atoms with van der Waals surface area (Å²) in [6.07, 6.45) is -0.727. The molecule has 1 rings (SSSR count). The summed E-state index contributed by atoms with van der Waals surface area (Å²) < 4.78 is 10.5. The molecule has 0 aliphatic rings.